The molecule has 0 spiro atoms. The van der Waals surface area contributed by atoms with Gasteiger partial charge < -0.3 is 15.7 Å². The minimum absolute atomic E-state index is 0.331. The standard InChI is InChI=1S/C23H22N2O3/c26-16-21(23(28)24-15-17-7-3-1-4-8-17)25-22(27)20-13-11-19(12-14-20)18-9-5-2-6-10-18/h1-14,21,26H,15-16H2,(H,24,28)(H,25,27). The normalized spacial score (nSPS) is 11.5. The molecule has 0 saturated carbocycles. The van der Waals surface area contributed by atoms with Crippen LogP contribution in [0.4, 0.5) is 0 Å². The Balaban J connectivity index is 1.59. The molecule has 0 bridgehead atoms. The van der Waals surface area contributed by atoms with Crippen LogP contribution in [-0.2, 0) is 11.3 Å². The Bertz CT molecular complexity index is 910. The summed E-state index contributed by atoms with van der Waals surface area (Å²) in [4.78, 5) is 24.7. The number of hydrogen-bond donors (Lipinski definition) is 3. The Hall–Kier alpha value is -3.44. The fourth-order valence-corrected chi connectivity index (χ4v) is 2.79. The van der Waals surface area contributed by atoms with Crippen LogP contribution in [-0.4, -0.2) is 29.6 Å². The van der Waals surface area contributed by atoms with E-state index in [9.17, 15) is 14.7 Å². The third kappa shape index (κ3) is 5.05. The molecule has 3 aromatic carbocycles. The second-order valence-electron chi connectivity index (χ2n) is 6.36. The Labute approximate surface area is 164 Å². The van der Waals surface area contributed by atoms with E-state index in [1.807, 2.05) is 72.8 Å². The van der Waals surface area contributed by atoms with Crippen molar-refractivity contribution in [1.29, 1.82) is 0 Å². The van der Waals surface area contributed by atoms with Crippen LogP contribution in [0.25, 0.3) is 11.1 Å². The molecule has 0 aliphatic heterocycles. The Morgan fingerprint density at radius 2 is 1.36 bits per heavy atom. The Morgan fingerprint density at radius 3 is 1.96 bits per heavy atom. The zero-order chi connectivity index (χ0) is 19.8. The molecule has 3 N–H and O–H groups in total. The number of amides is 2. The van der Waals surface area contributed by atoms with Crippen molar-refractivity contribution in [1.82, 2.24) is 10.6 Å². The van der Waals surface area contributed by atoms with E-state index in [1.54, 1.807) is 12.1 Å². The van der Waals surface area contributed by atoms with Crippen molar-refractivity contribution >= 4 is 11.8 Å². The van der Waals surface area contributed by atoms with Crippen LogP contribution in [0, 0.1) is 0 Å². The largest absolute Gasteiger partial charge is 0.394 e. The van der Waals surface area contributed by atoms with Gasteiger partial charge >= 0.3 is 0 Å². The monoisotopic (exact) mass is 374 g/mol. The van der Waals surface area contributed by atoms with E-state index in [0.29, 0.717) is 12.1 Å². The summed E-state index contributed by atoms with van der Waals surface area (Å²) in [5, 5.41) is 14.8. The van der Waals surface area contributed by atoms with Gasteiger partial charge in [0.2, 0.25) is 5.91 Å². The maximum absolute atomic E-state index is 12.4. The highest BCUT2D eigenvalue weighted by molar-refractivity contribution is 5.97. The number of nitrogens with one attached hydrogen (secondary N) is 2. The van der Waals surface area contributed by atoms with Gasteiger partial charge in [-0.05, 0) is 28.8 Å². The van der Waals surface area contributed by atoms with Crippen LogP contribution in [0.3, 0.4) is 0 Å². The fraction of sp³-hybridized carbons (Fsp3) is 0.130. The van der Waals surface area contributed by atoms with Crippen LogP contribution in [0.1, 0.15) is 15.9 Å². The first-order valence-electron chi connectivity index (χ1n) is 9.06. The van der Waals surface area contributed by atoms with Crippen molar-refractivity contribution in [3.05, 3.63) is 96.1 Å². The molecule has 0 aromatic heterocycles. The number of hydrogen-bond acceptors (Lipinski definition) is 3. The molecule has 142 valence electrons. The lowest BCUT2D eigenvalue weighted by atomic mass is 10.0. The molecular weight excluding hydrogens is 352 g/mol. The zero-order valence-electron chi connectivity index (χ0n) is 15.3. The summed E-state index contributed by atoms with van der Waals surface area (Å²) in [6, 6.07) is 25.4. The second kappa shape index (κ2) is 9.48. The van der Waals surface area contributed by atoms with Gasteiger partial charge in [0.15, 0.2) is 0 Å². The Kier molecular flexibility index (Phi) is 6.54. The van der Waals surface area contributed by atoms with E-state index in [4.69, 9.17) is 0 Å². The van der Waals surface area contributed by atoms with Gasteiger partial charge in [-0.15, -0.1) is 0 Å². The first-order valence-corrected chi connectivity index (χ1v) is 9.06. The molecule has 5 nitrogen and oxygen atoms in total. The van der Waals surface area contributed by atoms with E-state index in [1.165, 1.54) is 0 Å². The molecular formula is C23H22N2O3. The van der Waals surface area contributed by atoms with Gasteiger partial charge in [-0.25, -0.2) is 0 Å². The van der Waals surface area contributed by atoms with Gasteiger partial charge in [-0.1, -0.05) is 72.8 Å². The average Bonchev–Trinajstić information content (AvgIpc) is 2.77. The molecule has 28 heavy (non-hydrogen) atoms. The molecule has 0 aliphatic carbocycles. The van der Waals surface area contributed by atoms with E-state index in [0.717, 1.165) is 16.7 Å². The van der Waals surface area contributed by atoms with Crippen molar-refractivity contribution in [3.63, 3.8) is 0 Å². The number of carbonyl (C=O) groups excluding carboxylic acids is 2. The molecule has 5 heteroatoms. The van der Waals surface area contributed by atoms with Gasteiger partial charge in [0, 0.05) is 12.1 Å². The SMILES string of the molecule is O=C(NC(CO)C(=O)NCc1ccccc1)c1ccc(-c2ccccc2)cc1. The second-order valence-corrected chi connectivity index (χ2v) is 6.36. The van der Waals surface area contributed by atoms with Crippen molar-refractivity contribution < 1.29 is 14.7 Å². The molecule has 0 saturated heterocycles. The number of carbonyl (C=O) groups is 2. The molecule has 0 fully saturated rings. The molecule has 3 rings (SSSR count). The summed E-state index contributed by atoms with van der Waals surface area (Å²) in [7, 11) is 0. The van der Waals surface area contributed by atoms with Crippen LogP contribution < -0.4 is 10.6 Å². The maximum Gasteiger partial charge on any atom is 0.251 e. The molecule has 2 amide bonds. The van der Waals surface area contributed by atoms with Crippen molar-refractivity contribution in [2.45, 2.75) is 12.6 Å². The number of aliphatic hydroxyl groups is 1. The van der Waals surface area contributed by atoms with Crippen LogP contribution in [0.15, 0.2) is 84.9 Å². The number of rotatable bonds is 7. The van der Waals surface area contributed by atoms with E-state index in [-0.39, 0.29) is 0 Å². The minimum atomic E-state index is -1.01. The van der Waals surface area contributed by atoms with E-state index < -0.39 is 24.5 Å². The summed E-state index contributed by atoms with van der Waals surface area (Å²) in [5.41, 5.74) is 3.42. The number of aliphatic hydroxyl groups excluding tert-OH is 1. The number of benzene rings is 3. The average molecular weight is 374 g/mol. The first kappa shape index (κ1) is 19.3. The van der Waals surface area contributed by atoms with E-state index >= 15 is 0 Å². The van der Waals surface area contributed by atoms with Gasteiger partial charge in [0.25, 0.3) is 5.91 Å². The zero-order valence-corrected chi connectivity index (χ0v) is 15.3. The highest BCUT2D eigenvalue weighted by Crippen LogP contribution is 2.19. The third-order valence-corrected chi connectivity index (χ3v) is 4.37. The lowest BCUT2D eigenvalue weighted by Crippen LogP contribution is -2.48. The molecule has 0 radical (unpaired) electrons. The third-order valence-electron chi connectivity index (χ3n) is 4.37. The van der Waals surface area contributed by atoms with Crippen molar-refractivity contribution in [2.75, 3.05) is 6.61 Å². The van der Waals surface area contributed by atoms with E-state index in [2.05, 4.69) is 10.6 Å². The lowest BCUT2D eigenvalue weighted by Gasteiger charge is -2.16. The van der Waals surface area contributed by atoms with Crippen LogP contribution >= 0.6 is 0 Å². The Morgan fingerprint density at radius 1 is 0.786 bits per heavy atom. The van der Waals surface area contributed by atoms with Gasteiger partial charge in [-0.3, -0.25) is 9.59 Å². The molecule has 1 unspecified atom stereocenters. The summed E-state index contributed by atoms with van der Waals surface area (Å²) < 4.78 is 0. The minimum Gasteiger partial charge on any atom is -0.394 e. The molecule has 3 aromatic rings. The van der Waals surface area contributed by atoms with Crippen LogP contribution in [0.5, 0.6) is 0 Å². The quantitative estimate of drug-likeness (QED) is 0.595. The molecule has 1 atom stereocenters. The topological polar surface area (TPSA) is 78.4 Å². The smallest absolute Gasteiger partial charge is 0.251 e. The highest BCUT2D eigenvalue weighted by Gasteiger charge is 2.20. The highest BCUT2D eigenvalue weighted by atomic mass is 16.3. The van der Waals surface area contributed by atoms with Gasteiger partial charge in [0.1, 0.15) is 6.04 Å². The lowest BCUT2D eigenvalue weighted by molar-refractivity contribution is -0.124. The molecule has 0 aliphatic rings. The predicted octanol–water partition coefficient (Wildman–Crippen LogP) is 2.76. The summed E-state index contributed by atoms with van der Waals surface area (Å²) in [5.74, 6) is -0.839. The van der Waals surface area contributed by atoms with Crippen LogP contribution in [0.2, 0.25) is 0 Å². The van der Waals surface area contributed by atoms with Crippen molar-refractivity contribution in [2.24, 2.45) is 0 Å². The van der Waals surface area contributed by atoms with Gasteiger partial charge in [-0.2, -0.15) is 0 Å². The first-order chi connectivity index (χ1) is 13.7. The maximum atomic E-state index is 12.4. The fourth-order valence-electron chi connectivity index (χ4n) is 2.79. The van der Waals surface area contributed by atoms with Gasteiger partial charge in [0.05, 0.1) is 6.61 Å². The summed E-state index contributed by atoms with van der Waals surface area (Å²) in [6.07, 6.45) is 0. The predicted molar refractivity (Wildman–Crippen MR) is 109 cm³/mol. The molecule has 0 heterocycles. The van der Waals surface area contributed by atoms with Crippen molar-refractivity contribution in [3.8, 4) is 11.1 Å². The summed E-state index contributed by atoms with van der Waals surface area (Å²) >= 11 is 0. The summed E-state index contributed by atoms with van der Waals surface area (Å²) in [6.45, 7) is -0.147.